The topological polar surface area (TPSA) is 43.3 Å². The van der Waals surface area contributed by atoms with Crippen LogP contribution in [0, 0.1) is 5.82 Å². The molecule has 21 heavy (non-hydrogen) atoms. The minimum absolute atomic E-state index is 0.285. The number of halogens is 1. The van der Waals surface area contributed by atoms with Crippen molar-refractivity contribution < 1.29 is 8.81 Å². The predicted octanol–water partition coefficient (Wildman–Crippen LogP) is 3.80. The molecule has 3 aromatic heterocycles. The van der Waals surface area contributed by atoms with Crippen molar-refractivity contribution in [3.05, 3.63) is 67.2 Å². The van der Waals surface area contributed by atoms with E-state index in [2.05, 4.69) is 9.97 Å². The molecule has 0 amide bonds. The van der Waals surface area contributed by atoms with Crippen molar-refractivity contribution >= 4 is 5.65 Å². The Morgan fingerprint density at radius 1 is 0.952 bits per heavy atom. The maximum atomic E-state index is 13.2. The molecule has 102 valence electrons. The fraction of sp³-hybridized carbons (Fsp3) is 0. The fourth-order valence-electron chi connectivity index (χ4n) is 2.27. The van der Waals surface area contributed by atoms with E-state index in [-0.39, 0.29) is 5.82 Å². The molecule has 0 saturated carbocycles. The third-order valence-corrected chi connectivity index (χ3v) is 3.31. The molecule has 3 heterocycles. The molecule has 0 N–H and O–H groups in total. The van der Waals surface area contributed by atoms with Crippen molar-refractivity contribution in [2.75, 3.05) is 0 Å². The number of benzene rings is 1. The van der Waals surface area contributed by atoms with Gasteiger partial charge in [-0.25, -0.2) is 14.4 Å². The molecule has 0 bridgehead atoms. The maximum Gasteiger partial charge on any atom is 0.181 e. The number of fused-ring (bicyclic) bond motifs is 1. The van der Waals surface area contributed by atoms with Gasteiger partial charge in [0.25, 0.3) is 0 Å². The van der Waals surface area contributed by atoms with Crippen molar-refractivity contribution in [1.82, 2.24) is 14.4 Å². The Bertz CT molecular complexity index is 895. The molecule has 0 fully saturated rings. The molecule has 0 unspecified atom stereocenters. The van der Waals surface area contributed by atoms with Crippen LogP contribution in [-0.2, 0) is 0 Å². The number of aromatic nitrogens is 3. The van der Waals surface area contributed by atoms with Gasteiger partial charge < -0.3 is 8.82 Å². The highest BCUT2D eigenvalue weighted by molar-refractivity contribution is 5.67. The molecule has 4 aromatic rings. The SMILES string of the molecule is [18F]c1ccc2nc(-c3ccc(-c4cnco4)cc3)cn2c1. The van der Waals surface area contributed by atoms with Gasteiger partial charge in [-0.2, -0.15) is 0 Å². The number of imidazole rings is 1. The number of oxazole rings is 1. The van der Waals surface area contributed by atoms with Gasteiger partial charge in [0.15, 0.2) is 12.2 Å². The second-order valence-corrected chi connectivity index (χ2v) is 4.68. The second-order valence-electron chi connectivity index (χ2n) is 4.68. The van der Waals surface area contributed by atoms with Gasteiger partial charge in [0.2, 0.25) is 0 Å². The minimum atomic E-state index is -0.285. The van der Waals surface area contributed by atoms with Crippen molar-refractivity contribution in [2.45, 2.75) is 0 Å². The largest absolute Gasteiger partial charge is 0.444 e. The van der Waals surface area contributed by atoms with E-state index in [4.69, 9.17) is 4.42 Å². The zero-order valence-electron chi connectivity index (χ0n) is 10.9. The quantitative estimate of drug-likeness (QED) is 0.560. The summed E-state index contributed by atoms with van der Waals surface area (Å²) in [7, 11) is 0. The first kappa shape index (κ1) is 11.8. The van der Waals surface area contributed by atoms with Crippen LogP contribution in [0.15, 0.2) is 65.8 Å². The Morgan fingerprint density at radius 3 is 2.52 bits per heavy atom. The van der Waals surface area contributed by atoms with E-state index in [1.807, 2.05) is 30.5 Å². The molecule has 0 aliphatic carbocycles. The van der Waals surface area contributed by atoms with Crippen LogP contribution in [0.5, 0.6) is 0 Å². The van der Waals surface area contributed by atoms with E-state index in [1.54, 1.807) is 16.7 Å². The maximum absolute atomic E-state index is 13.2. The van der Waals surface area contributed by atoms with Gasteiger partial charge in [0.05, 0.1) is 11.9 Å². The van der Waals surface area contributed by atoms with Crippen LogP contribution in [-0.4, -0.2) is 14.4 Å². The normalized spacial score (nSPS) is 11.1. The van der Waals surface area contributed by atoms with E-state index in [9.17, 15) is 4.39 Å². The summed E-state index contributed by atoms with van der Waals surface area (Å²) < 4.78 is 20.1. The van der Waals surface area contributed by atoms with Gasteiger partial charge in [-0.3, -0.25) is 0 Å². The summed E-state index contributed by atoms with van der Waals surface area (Å²) in [6.45, 7) is 0. The molecule has 4 rings (SSSR count). The van der Waals surface area contributed by atoms with Crippen molar-refractivity contribution in [1.29, 1.82) is 0 Å². The van der Waals surface area contributed by atoms with E-state index >= 15 is 0 Å². The molecular formula is C16H10FN3O. The summed E-state index contributed by atoms with van der Waals surface area (Å²) in [6.07, 6.45) is 6.29. The first-order valence-corrected chi connectivity index (χ1v) is 6.43. The first-order chi connectivity index (χ1) is 10.3. The summed E-state index contributed by atoms with van der Waals surface area (Å²) in [5.41, 5.74) is 3.42. The highest BCUT2D eigenvalue weighted by Crippen LogP contribution is 2.24. The Hall–Kier alpha value is -2.95. The van der Waals surface area contributed by atoms with Crippen molar-refractivity contribution in [2.24, 2.45) is 0 Å². The monoisotopic (exact) mass is 278 g/mol. The van der Waals surface area contributed by atoms with Gasteiger partial charge in [-0.1, -0.05) is 24.3 Å². The van der Waals surface area contributed by atoms with Crippen LogP contribution in [0.2, 0.25) is 0 Å². The lowest BCUT2D eigenvalue weighted by molar-refractivity contribution is 0.572. The average molecular weight is 278 g/mol. The Morgan fingerprint density at radius 2 is 1.76 bits per heavy atom. The van der Waals surface area contributed by atoms with E-state index < -0.39 is 0 Å². The van der Waals surface area contributed by atoms with Gasteiger partial charge in [0.1, 0.15) is 11.5 Å². The number of pyridine rings is 1. The third-order valence-electron chi connectivity index (χ3n) is 3.31. The summed E-state index contributed by atoms with van der Waals surface area (Å²) in [6, 6.07) is 10.9. The smallest absolute Gasteiger partial charge is 0.181 e. The van der Waals surface area contributed by atoms with Gasteiger partial charge in [0, 0.05) is 23.5 Å². The Labute approximate surface area is 119 Å². The van der Waals surface area contributed by atoms with E-state index in [1.165, 1.54) is 18.7 Å². The fourth-order valence-corrected chi connectivity index (χ4v) is 2.27. The number of hydrogen-bond donors (Lipinski definition) is 0. The predicted molar refractivity (Wildman–Crippen MR) is 76.1 cm³/mol. The number of nitrogens with zero attached hydrogens (tertiary/aromatic N) is 3. The van der Waals surface area contributed by atoms with Crippen LogP contribution in [0.25, 0.3) is 28.2 Å². The Balaban J connectivity index is 1.74. The summed E-state index contributed by atoms with van der Waals surface area (Å²) in [4.78, 5) is 8.38. The Kier molecular flexibility index (Phi) is 2.57. The van der Waals surface area contributed by atoms with Crippen LogP contribution in [0.4, 0.5) is 4.39 Å². The lowest BCUT2D eigenvalue weighted by atomic mass is 10.1. The molecule has 5 heteroatoms. The van der Waals surface area contributed by atoms with Gasteiger partial charge in [-0.15, -0.1) is 0 Å². The van der Waals surface area contributed by atoms with Crippen LogP contribution in [0.3, 0.4) is 0 Å². The van der Waals surface area contributed by atoms with Crippen molar-refractivity contribution in [3.8, 4) is 22.6 Å². The van der Waals surface area contributed by atoms with Gasteiger partial charge in [-0.05, 0) is 12.1 Å². The highest BCUT2D eigenvalue weighted by atomic mass is 18.2. The highest BCUT2D eigenvalue weighted by Gasteiger charge is 2.06. The van der Waals surface area contributed by atoms with Crippen molar-refractivity contribution in [3.63, 3.8) is 0 Å². The average Bonchev–Trinajstić information content (AvgIpc) is 3.16. The number of hydrogen-bond acceptors (Lipinski definition) is 3. The molecule has 4 nitrogen and oxygen atoms in total. The number of rotatable bonds is 2. The molecule has 0 aliphatic rings. The van der Waals surface area contributed by atoms with Gasteiger partial charge >= 0.3 is 0 Å². The summed E-state index contributed by atoms with van der Waals surface area (Å²) >= 11 is 0. The summed E-state index contributed by atoms with van der Waals surface area (Å²) in [5, 5.41) is 0. The lowest BCUT2D eigenvalue weighted by Crippen LogP contribution is -1.83. The van der Waals surface area contributed by atoms with E-state index in [0.717, 1.165) is 22.6 Å². The third kappa shape index (κ3) is 2.08. The lowest BCUT2D eigenvalue weighted by Gasteiger charge is -1.98. The first-order valence-electron chi connectivity index (χ1n) is 6.43. The second kappa shape index (κ2) is 4.56. The summed E-state index contributed by atoms with van der Waals surface area (Å²) in [5.74, 6) is 0.436. The van der Waals surface area contributed by atoms with Crippen LogP contribution >= 0.6 is 0 Å². The minimum Gasteiger partial charge on any atom is -0.444 e. The molecule has 0 saturated heterocycles. The molecule has 1 aromatic carbocycles. The molecule has 0 radical (unpaired) electrons. The van der Waals surface area contributed by atoms with Crippen LogP contribution < -0.4 is 0 Å². The zero-order valence-corrected chi connectivity index (χ0v) is 10.9. The van der Waals surface area contributed by atoms with E-state index in [0.29, 0.717) is 5.65 Å². The molecule has 0 spiro atoms. The van der Waals surface area contributed by atoms with Crippen LogP contribution in [0.1, 0.15) is 0 Å². The molecular weight excluding hydrogens is 268 g/mol. The molecule has 0 atom stereocenters. The molecule has 0 aliphatic heterocycles. The standard InChI is InChI=1S/C16H10FN3O/c17-13-5-6-16-19-14(9-20(16)8-13)11-1-3-12(4-2-11)15-7-18-10-21-15/h1-10H/i17-1. The zero-order chi connectivity index (χ0) is 14.2.